The minimum atomic E-state index is -0.737. The number of benzene rings is 1. The van der Waals surface area contributed by atoms with E-state index in [4.69, 9.17) is 10.5 Å². The van der Waals surface area contributed by atoms with E-state index >= 15 is 0 Å². The van der Waals surface area contributed by atoms with Gasteiger partial charge in [-0.2, -0.15) is 5.10 Å². The first kappa shape index (κ1) is 15.0. The second-order valence-electron chi connectivity index (χ2n) is 5.08. The van der Waals surface area contributed by atoms with Crippen molar-refractivity contribution in [2.45, 2.75) is 6.92 Å². The molecule has 0 amide bonds. The Morgan fingerprint density at radius 2 is 1.96 bits per heavy atom. The molecule has 0 aliphatic rings. The van der Waals surface area contributed by atoms with Gasteiger partial charge in [0.05, 0.1) is 17.1 Å². The summed E-state index contributed by atoms with van der Waals surface area (Å²) in [4.78, 5) is 4.26. The number of hydrogen-bond acceptors (Lipinski definition) is 4. The van der Waals surface area contributed by atoms with E-state index in [0.29, 0.717) is 11.4 Å². The van der Waals surface area contributed by atoms with Gasteiger partial charge in [0.15, 0.2) is 11.6 Å². The molecule has 0 aliphatic carbocycles. The molecule has 3 rings (SSSR count). The molecule has 2 N–H and O–H groups in total. The Hall–Kier alpha value is -2.96. The SMILES string of the molecule is Cc1nn(C)cc1-c1cc(Oc2cc(F)c(N)cc2F)ccn1. The van der Waals surface area contributed by atoms with E-state index in [0.717, 1.165) is 23.4 Å². The van der Waals surface area contributed by atoms with Gasteiger partial charge in [-0.1, -0.05) is 0 Å². The van der Waals surface area contributed by atoms with Gasteiger partial charge >= 0.3 is 0 Å². The van der Waals surface area contributed by atoms with Crippen molar-refractivity contribution >= 4 is 5.69 Å². The second kappa shape index (κ2) is 5.68. The quantitative estimate of drug-likeness (QED) is 0.752. The first-order valence-corrected chi connectivity index (χ1v) is 6.83. The Balaban J connectivity index is 1.95. The number of rotatable bonds is 3. The van der Waals surface area contributed by atoms with Gasteiger partial charge in [0.2, 0.25) is 0 Å². The van der Waals surface area contributed by atoms with Crippen LogP contribution in [0.15, 0.2) is 36.7 Å². The predicted molar refractivity (Wildman–Crippen MR) is 82.0 cm³/mol. The summed E-state index contributed by atoms with van der Waals surface area (Å²) < 4.78 is 34.4. The van der Waals surface area contributed by atoms with Crippen molar-refractivity contribution in [2.75, 3.05) is 5.73 Å². The lowest BCUT2D eigenvalue weighted by molar-refractivity contribution is 0.437. The van der Waals surface area contributed by atoms with Gasteiger partial charge < -0.3 is 10.5 Å². The van der Waals surface area contributed by atoms with Crippen LogP contribution in [0.1, 0.15) is 5.69 Å². The zero-order valence-electron chi connectivity index (χ0n) is 12.5. The molecule has 2 aromatic heterocycles. The minimum absolute atomic E-state index is 0.239. The van der Waals surface area contributed by atoms with Crippen molar-refractivity contribution in [3.8, 4) is 22.8 Å². The van der Waals surface area contributed by atoms with Gasteiger partial charge in [-0.3, -0.25) is 9.67 Å². The lowest BCUT2D eigenvalue weighted by Gasteiger charge is -2.09. The highest BCUT2D eigenvalue weighted by molar-refractivity contribution is 5.62. The highest BCUT2D eigenvalue weighted by atomic mass is 19.1. The fourth-order valence-electron chi connectivity index (χ4n) is 2.22. The molecule has 0 saturated carbocycles. The van der Waals surface area contributed by atoms with E-state index < -0.39 is 11.6 Å². The maximum Gasteiger partial charge on any atom is 0.167 e. The molecule has 5 nitrogen and oxygen atoms in total. The van der Waals surface area contributed by atoms with Crippen LogP contribution in [0, 0.1) is 18.6 Å². The number of pyridine rings is 1. The van der Waals surface area contributed by atoms with E-state index in [1.54, 1.807) is 16.8 Å². The molecule has 7 heteroatoms. The zero-order chi connectivity index (χ0) is 16.6. The van der Waals surface area contributed by atoms with Crippen LogP contribution in [0.2, 0.25) is 0 Å². The van der Waals surface area contributed by atoms with E-state index in [-0.39, 0.29) is 11.4 Å². The molecular weight excluding hydrogens is 302 g/mol. The highest BCUT2D eigenvalue weighted by Crippen LogP contribution is 2.30. The number of halogens is 2. The predicted octanol–water partition coefficient (Wildman–Crippen LogP) is 3.44. The highest BCUT2D eigenvalue weighted by Gasteiger charge is 2.12. The molecule has 2 heterocycles. The number of nitrogens with two attached hydrogens (primary N) is 1. The summed E-state index contributed by atoms with van der Waals surface area (Å²) in [5, 5.41) is 4.25. The number of nitrogen functional groups attached to an aromatic ring is 1. The fourth-order valence-corrected chi connectivity index (χ4v) is 2.22. The van der Waals surface area contributed by atoms with Crippen molar-refractivity contribution in [1.82, 2.24) is 14.8 Å². The first-order chi connectivity index (χ1) is 10.9. The summed E-state index contributed by atoms with van der Waals surface area (Å²) in [6.45, 7) is 1.86. The van der Waals surface area contributed by atoms with Crippen molar-refractivity contribution in [3.05, 3.63) is 54.0 Å². The summed E-state index contributed by atoms with van der Waals surface area (Å²) in [6.07, 6.45) is 3.35. The van der Waals surface area contributed by atoms with Gasteiger partial charge in [-0.15, -0.1) is 0 Å². The summed E-state index contributed by atoms with van der Waals surface area (Å²) in [7, 11) is 1.81. The van der Waals surface area contributed by atoms with Crippen LogP contribution in [-0.2, 0) is 7.05 Å². The van der Waals surface area contributed by atoms with Crippen molar-refractivity contribution < 1.29 is 13.5 Å². The standard InChI is InChI=1S/C16H14F2N4O/c1-9-11(8-22(2)21-9)15-5-10(3-4-20-15)23-16-7-12(17)14(19)6-13(16)18/h3-8H,19H2,1-2H3. The average Bonchev–Trinajstić information content (AvgIpc) is 2.84. The molecule has 0 spiro atoms. The van der Waals surface area contributed by atoms with Crippen LogP contribution in [-0.4, -0.2) is 14.8 Å². The Morgan fingerprint density at radius 3 is 2.65 bits per heavy atom. The van der Waals surface area contributed by atoms with Crippen LogP contribution in [0.3, 0.4) is 0 Å². The van der Waals surface area contributed by atoms with E-state index in [1.807, 2.05) is 20.2 Å². The molecule has 23 heavy (non-hydrogen) atoms. The molecule has 0 saturated heterocycles. The van der Waals surface area contributed by atoms with Gasteiger partial charge in [-0.05, 0) is 13.0 Å². The molecule has 0 bridgehead atoms. The Kier molecular flexibility index (Phi) is 3.69. The third-order valence-corrected chi connectivity index (χ3v) is 3.30. The molecule has 0 radical (unpaired) electrons. The lowest BCUT2D eigenvalue weighted by atomic mass is 10.2. The smallest absolute Gasteiger partial charge is 0.167 e. The summed E-state index contributed by atoms with van der Waals surface area (Å²) in [5.41, 5.74) is 7.32. The minimum Gasteiger partial charge on any atom is -0.454 e. The number of aryl methyl sites for hydroxylation is 2. The van der Waals surface area contributed by atoms with Gasteiger partial charge in [-0.25, -0.2) is 8.78 Å². The monoisotopic (exact) mass is 316 g/mol. The van der Waals surface area contributed by atoms with Crippen LogP contribution >= 0.6 is 0 Å². The van der Waals surface area contributed by atoms with Gasteiger partial charge in [0.1, 0.15) is 11.6 Å². The first-order valence-electron chi connectivity index (χ1n) is 6.83. The Morgan fingerprint density at radius 1 is 1.17 bits per heavy atom. The maximum absolute atomic E-state index is 13.8. The molecule has 0 atom stereocenters. The van der Waals surface area contributed by atoms with Crippen LogP contribution in [0.5, 0.6) is 11.5 Å². The van der Waals surface area contributed by atoms with Crippen LogP contribution < -0.4 is 10.5 Å². The lowest BCUT2D eigenvalue weighted by Crippen LogP contribution is -1.96. The Bertz CT molecular complexity index is 877. The third kappa shape index (κ3) is 2.98. The molecule has 1 aromatic carbocycles. The van der Waals surface area contributed by atoms with E-state index in [2.05, 4.69) is 10.1 Å². The topological polar surface area (TPSA) is 66.0 Å². The second-order valence-corrected chi connectivity index (χ2v) is 5.08. The van der Waals surface area contributed by atoms with Crippen LogP contribution in [0.4, 0.5) is 14.5 Å². The molecule has 0 aliphatic heterocycles. The molecule has 118 valence electrons. The van der Waals surface area contributed by atoms with Crippen molar-refractivity contribution in [1.29, 1.82) is 0 Å². The summed E-state index contributed by atoms with van der Waals surface area (Å²) >= 11 is 0. The number of nitrogens with zero attached hydrogens (tertiary/aromatic N) is 3. The summed E-state index contributed by atoms with van der Waals surface area (Å²) in [6, 6.07) is 5.00. The van der Waals surface area contributed by atoms with Gasteiger partial charge in [0.25, 0.3) is 0 Å². The number of ether oxygens (including phenoxy) is 1. The maximum atomic E-state index is 13.8. The van der Waals surface area contributed by atoms with Crippen LogP contribution in [0.25, 0.3) is 11.3 Å². The normalized spacial score (nSPS) is 10.8. The third-order valence-electron chi connectivity index (χ3n) is 3.30. The van der Waals surface area contributed by atoms with Gasteiger partial charge in [0, 0.05) is 43.2 Å². The van der Waals surface area contributed by atoms with E-state index in [9.17, 15) is 8.78 Å². The zero-order valence-corrected chi connectivity index (χ0v) is 12.5. The molecule has 0 fully saturated rings. The number of aromatic nitrogens is 3. The van der Waals surface area contributed by atoms with E-state index in [1.165, 1.54) is 6.20 Å². The summed E-state index contributed by atoms with van der Waals surface area (Å²) in [5.74, 6) is -1.38. The average molecular weight is 316 g/mol. The van der Waals surface area contributed by atoms with Crippen molar-refractivity contribution in [3.63, 3.8) is 0 Å². The molecular formula is C16H14F2N4O. The number of hydrogen-bond donors (Lipinski definition) is 1. The Labute approximate surface area is 131 Å². The molecule has 0 unspecified atom stereocenters. The van der Waals surface area contributed by atoms with Crippen molar-refractivity contribution in [2.24, 2.45) is 7.05 Å². The number of anilines is 1. The largest absolute Gasteiger partial charge is 0.454 e. The molecule has 3 aromatic rings. The fraction of sp³-hybridized carbons (Fsp3) is 0.125.